The maximum atomic E-state index is 12.3. The molecule has 2 aromatic heterocycles. The summed E-state index contributed by atoms with van der Waals surface area (Å²) in [5.41, 5.74) is 0. The predicted octanol–water partition coefficient (Wildman–Crippen LogP) is 1.66. The number of carbonyl (C=O) groups is 1. The highest BCUT2D eigenvalue weighted by atomic mass is 16.5. The van der Waals surface area contributed by atoms with E-state index < -0.39 is 0 Å². The van der Waals surface area contributed by atoms with Crippen LogP contribution in [0.15, 0.2) is 23.0 Å². The van der Waals surface area contributed by atoms with Crippen molar-refractivity contribution in [3.05, 3.63) is 30.2 Å². The SMILES string of the molecule is CCCc1nc(CN2CCC(C(=O)Nc3ncccn3)CC2)no1. The van der Waals surface area contributed by atoms with Crippen molar-refractivity contribution in [1.82, 2.24) is 25.0 Å². The molecule has 0 aliphatic carbocycles. The third-order valence-electron chi connectivity index (χ3n) is 4.10. The fourth-order valence-corrected chi connectivity index (χ4v) is 2.80. The van der Waals surface area contributed by atoms with Gasteiger partial charge in [0, 0.05) is 24.7 Å². The lowest BCUT2D eigenvalue weighted by atomic mass is 9.96. The first-order chi connectivity index (χ1) is 11.7. The number of likely N-dealkylation sites (tertiary alicyclic amines) is 1. The van der Waals surface area contributed by atoms with Crippen LogP contribution in [0.5, 0.6) is 0 Å². The Morgan fingerprint density at radius 2 is 2.08 bits per heavy atom. The van der Waals surface area contributed by atoms with Crippen LogP contribution in [0.2, 0.25) is 0 Å². The van der Waals surface area contributed by atoms with E-state index in [1.807, 2.05) is 0 Å². The van der Waals surface area contributed by atoms with Crippen molar-refractivity contribution in [1.29, 1.82) is 0 Å². The van der Waals surface area contributed by atoms with Crippen LogP contribution in [-0.2, 0) is 17.8 Å². The normalized spacial score (nSPS) is 16.2. The van der Waals surface area contributed by atoms with Gasteiger partial charge in [-0.05, 0) is 38.4 Å². The number of piperidine rings is 1. The third-order valence-corrected chi connectivity index (χ3v) is 4.10. The number of anilines is 1. The Morgan fingerprint density at radius 3 is 2.79 bits per heavy atom. The van der Waals surface area contributed by atoms with E-state index >= 15 is 0 Å². The second-order valence-electron chi connectivity index (χ2n) is 5.97. The molecular weight excluding hydrogens is 308 g/mol. The molecule has 1 fully saturated rings. The molecule has 24 heavy (non-hydrogen) atoms. The van der Waals surface area contributed by atoms with Gasteiger partial charge in [-0.3, -0.25) is 15.0 Å². The highest BCUT2D eigenvalue weighted by Crippen LogP contribution is 2.19. The Kier molecular flexibility index (Phi) is 5.47. The maximum Gasteiger partial charge on any atom is 0.229 e. The van der Waals surface area contributed by atoms with Gasteiger partial charge in [-0.15, -0.1) is 0 Å². The minimum Gasteiger partial charge on any atom is -0.339 e. The van der Waals surface area contributed by atoms with E-state index in [0.29, 0.717) is 18.4 Å². The lowest BCUT2D eigenvalue weighted by Crippen LogP contribution is -2.38. The van der Waals surface area contributed by atoms with E-state index in [1.54, 1.807) is 18.5 Å². The molecule has 8 heteroatoms. The Labute approximate surface area is 140 Å². The monoisotopic (exact) mass is 330 g/mol. The van der Waals surface area contributed by atoms with Crippen molar-refractivity contribution >= 4 is 11.9 Å². The van der Waals surface area contributed by atoms with Gasteiger partial charge >= 0.3 is 0 Å². The van der Waals surface area contributed by atoms with Gasteiger partial charge in [-0.1, -0.05) is 12.1 Å². The summed E-state index contributed by atoms with van der Waals surface area (Å²) in [7, 11) is 0. The Hall–Kier alpha value is -2.35. The van der Waals surface area contributed by atoms with Crippen molar-refractivity contribution in [2.45, 2.75) is 39.2 Å². The summed E-state index contributed by atoms with van der Waals surface area (Å²) in [5, 5.41) is 6.79. The zero-order valence-corrected chi connectivity index (χ0v) is 13.8. The zero-order valence-electron chi connectivity index (χ0n) is 13.8. The second kappa shape index (κ2) is 7.96. The second-order valence-corrected chi connectivity index (χ2v) is 5.97. The number of nitrogens with zero attached hydrogens (tertiary/aromatic N) is 5. The molecule has 0 bridgehead atoms. The van der Waals surface area contributed by atoms with Gasteiger partial charge in [0.25, 0.3) is 0 Å². The minimum absolute atomic E-state index is 0.00836. The number of aromatic nitrogens is 4. The van der Waals surface area contributed by atoms with E-state index in [0.717, 1.165) is 44.6 Å². The van der Waals surface area contributed by atoms with Gasteiger partial charge in [0.1, 0.15) is 0 Å². The Morgan fingerprint density at radius 1 is 1.33 bits per heavy atom. The minimum atomic E-state index is -0.00866. The van der Waals surface area contributed by atoms with Crippen molar-refractivity contribution in [3.63, 3.8) is 0 Å². The van der Waals surface area contributed by atoms with E-state index in [4.69, 9.17) is 4.52 Å². The number of rotatable bonds is 6. The smallest absolute Gasteiger partial charge is 0.229 e. The fourth-order valence-electron chi connectivity index (χ4n) is 2.80. The van der Waals surface area contributed by atoms with Crippen LogP contribution in [-0.4, -0.2) is 44.0 Å². The van der Waals surface area contributed by atoms with Crippen LogP contribution in [0.25, 0.3) is 0 Å². The largest absolute Gasteiger partial charge is 0.339 e. The Balaban J connectivity index is 1.45. The molecule has 1 amide bonds. The van der Waals surface area contributed by atoms with Gasteiger partial charge in [0.15, 0.2) is 5.82 Å². The summed E-state index contributed by atoms with van der Waals surface area (Å²) in [4.78, 5) is 26.9. The topological polar surface area (TPSA) is 97.0 Å². The molecule has 0 radical (unpaired) electrons. The number of carbonyl (C=O) groups excluding carboxylic acids is 1. The number of hydrogen-bond acceptors (Lipinski definition) is 7. The predicted molar refractivity (Wildman–Crippen MR) is 87.0 cm³/mol. The number of nitrogens with one attached hydrogen (secondary N) is 1. The van der Waals surface area contributed by atoms with Crippen molar-refractivity contribution in [2.24, 2.45) is 5.92 Å². The van der Waals surface area contributed by atoms with Gasteiger partial charge in [0.2, 0.25) is 17.7 Å². The first kappa shape index (κ1) is 16.5. The number of aryl methyl sites for hydroxylation is 1. The molecule has 1 saturated heterocycles. The summed E-state index contributed by atoms with van der Waals surface area (Å²) < 4.78 is 5.21. The highest BCUT2D eigenvalue weighted by Gasteiger charge is 2.26. The summed E-state index contributed by atoms with van der Waals surface area (Å²) in [6, 6.07) is 1.72. The molecule has 8 nitrogen and oxygen atoms in total. The average molecular weight is 330 g/mol. The summed E-state index contributed by atoms with van der Waals surface area (Å²) >= 11 is 0. The summed E-state index contributed by atoms with van der Waals surface area (Å²) in [6.07, 6.45) is 6.65. The number of amides is 1. The summed E-state index contributed by atoms with van der Waals surface area (Å²) in [6.45, 7) is 4.43. The van der Waals surface area contributed by atoms with Crippen LogP contribution >= 0.6 is 0 Å². The van der Waals surface area contributed by atoms with Gasteiger partial charge in [-0.25, -0.2) is 9.97 Å². The maximum absolute atomic E-state index is 12.3. The molecule has 3 rings (SSSR count). The molecule has 1 aliphatic rings. The number of hydrogen-bond donors (Lipinski definition) is 1. The molecule has 1 aliphatic heterocycles. The van der Waals surface area contributed by atoms with E-state index in [1.165, 1.54) is 0 Å². The third kappa shape index (κ3) is 4.35. The fraction of sp³-hybridized carbons (Fsp3) is 0.562. The molecule has 1 N–H and O–H groups in total. The molecule has 0 aromatic carbocycles. The van der Waals surface area contributed by atoms with Crippen LogP contribution in [0.3, 0.4) is 0 Å². The molecule has 3 heterocycles. The van der Waals surface area contributed by atoms with Crippen molar-refractivity contribution in [3.8, 4) is 0 Å². The Bertz CT molecular complexity index is 652. The zero-order chi connectivity index (χ0) is 16.8. The van der Waals surface area contributed by atoms with E-state index in [9.17, 15) is 4.79 Å². The lowest BCUT2D eigenvalue weighted by Gasteiger charge is -2.30. The van der Waals surface area contributed by atoms with Crippen LogP contribution < -0.4 is 5.32 Å². The van der Waals surface area contributed by atoms with E-state index in [-0.39, 0.29) is 11.8 Å². The van der Waals surface area contributed by atoms with Crippen LogP contribution in [0.4, 0.5) is 5.95 Å². The van der Waals surface area contributed by atoms with Crippen LogP contribution in [0.1, 0.15) is 37.9 Å². The first-order valence-corrected chi connectivity index (χ1v) is 8.36. The lowest BCUT2D eigenvalue weighted by molar-refractivity contribution is -0.121. The first-order valence-electron chi connectivity index (χ1n) is 8.36. The van der Waals surface area contributed by atoms with Gasteiger partial charge in [0.05, 0.1) is 6.54 Å². The molecule has 0 spiro atoms. The molecular formula is C16H22N6O2. The molecule has 0 saturated carbocycles. The summed E-state index contributed by atoms with van der Waals surface area (Å²) in [5.74, 6) is 1.76. The van der Waals surface area contributed by atoms with Gasteiger partial charge < -0.3 is 4.52 Å². The van der Waals surface area contributed by atoms with Crippen molar-refractivity contribution in [2.75, 3.05) is 18.4 Å². The molecule has 128 valence electrons. The van der Waals surface area contributed by atoms with E-state index in [2.05, 4.69) is 37.2 Å². The average Bonchev–Trinajstić information content (AvgIpc) is 3.04. The van der Waals surface area contributed by atoms with Crippen molar-refractivity contribution < 1.29 is 9.32 Å². The van der Waals surface area contributed by atoms with Crippen LogP contribution in [0, 0.1) is 5.92 Å². The molecule has 2 aromatic rings. The standard InChI is InChI=1S/C16H22N6O2/c1-2-4-14-19-13(21-24-14)11-22-9-5-12(6-10-22)15(23)20-16-17-7-3-8-18-16/h3,7-8,12H,2,4-6,9-11H2,1H3,(H,17,18,20,23). The quantitative estimate of drug-likeness (QED) is 0.860. The highest BCUT2D eigenvalue weighted by molar-refractivity contribution is 5.90. The van der Waals surface area contributed by atoms with Gasteiger partial charge in [-0.2, -0.15) is 4.98 Å². The molecule has 0 unspecified atom stereocenters. The molecule has 0 atom stereocenters.